The van der Waals surface area contributed by atoms with Crippen molar-refractivity contribution < 1.29 is 29.4 Å². The van der Waals surface area contributed by atoms with Gasteiger partial charge >= 0.3 is 5.97 Å². The number of hydrogen-bond acceptors (Lipinski definition) is 5. The number of aromatic nitrogens is 1. The minimum Gasteiger partial charge on any atom is -0.481 e. The molecule has 0 spiro atoms. The lowest BCUT2D eigenvalue weighted by Crippen LogP contribution is -2.55. The zero-order valence-electron chi connectivity index (χ0n) is 26.3. The second-order valence-corrected chi connectivity index (χ2v) is 13.6. The number of aliphatic hydroxyl groups is 1. The summed E-state index contributed by atoms with van der Waals surface area (Å²) in [5.41, 5.74) is 2.68. The van der Waals surface area contributed by atoms with E-state index in [0.29, 0.717) is 13.0 Å². The van der Waals surface area contributed by atoms with Gasteiger partial charge in [-0.1, -0.05) is 72.1 Å². The van der Waals surface area contributed by atoms with Crippen LogP contribution in [0.5, 0.6) is 0 Å². The molecule has 1 aromatic heterocycles. The summed E-state index contributed by atoms with van der Waals surface area (Å²) in [5.74, 6) is -3.92. The van der Waals surface area contributed by atoms with Gasteiger partial charge in [-0.2, -0.15) is 0 Å². The third-order valence-electron chi connectivity index (χ3n) is 9.61. The molecule has 1 saturated heterocycles. The molecule has 3 aromatic rings. The van der Waals surface area contributed by atoms with Crippen molar-refractivity contribution in [2.45, 2.75) is 76.6 Å². The van der Waals surface area contributed by atoms with Crippen LogP contribution in [-0.2, 0) is 32.1 Å². The summed E-state index contributed by atoms with van der Waals surface area (Å²) in [6, 6.07) is 13.4. The summed E-state index contributed by atoms with van der Waals surface area (Å²) in [7, 11) is 1.69. The number of likely N-dealkylation sites (tertiary alicyclic amines) is 1. The van der Waals surface area contributed by atoms with Gasteiger partial charge < -0.3 is 30.3 Å². The third kappa shape index (κ3) is 7.31. The monoisotopic (exact) mass is 694 g/mol. The summed E-state index contributed by atoms with van der Waals surface area (Å²) in [6.45, 7) is 2.27. The molecule has 1 aliphatic heterocycles. The highest BCUT2D eigenvalue weighted by Gasteiger charge is 2.48. The number of carboxylic acid groups (broad SMARTS) is 1. The Hall–Kier alpha value is -3.70. The molecule has 0 bridgehead atoms. The number of β-amino-alcohol motifs (C(OH)–C–C–N with tert-alkyl or cyclic N) is 1. The molecule has 6 atom stereocenters. The SMILES string of the molecule is CCCC1CCCC(C(=O)O)C1C(=O)N1CC(O)CC1C(=O)NC(Cc1c[nH]c2ccccc12)C(=O)N(C)Cc1ccccc1Br. The Balaban J connectivity index is 1.40. The van der Waals surface area contributed by atoms with Crippen LogP contribution in [0.1, 0.15) is 56.6 Å². The molecule has 10 nitrogen and oxygen atoms in total. The molecule has 1 saturated carbocycles. The van der Waals surface area contributed by atoms with Gasteiger partial charge in [0.15, 0.2) is 0 Å². The molecule has 5 rings (SSSR count). The molecular formula is C35H43BrN4O6. The van der Waals surface area contributed by atoms with Gasteiger partial charge in [-0.05, 0) is 48.4 Å². The Morgan fingerprint density at radius 2 is 1.83 bits per heavy atom. The largest absolute Gasteiger partial charge is 0.481 e. The lowest BCUT2D eigenvalue weighted by Gasteiger charge is -2.38. The van der Waals surface area contributed by atoms with Gasteiger partial charge in [0, 0.05) is 54.6 Å². The van der Waals surface area contributed by atoms with E-state index in [1.807, 2.05) is 61.7 Å². The fourth-order valence-electron chi connectivity index (χ4n) is 7.35. The standard InChI is InChI=1S/C35H43BrN4O6/c1-3-9-21-11-8-13-26(35(45)46)31(21)34(44)40-20-24(41)17-30(40)32(42)38-29(16-23-18-37-28-15-7-5-12-25(23)28)33(43)39(2)19-22-10-4-6-14-27(22)36/h4-7,10,12,14-15,18,21,24,26,29-31,37,41H,3,8-9,11,13,16-17,19-20H2,1-2H3,(H,38,42)(H,45,46). The summed E-state index contributed by atoms with van der Waals surface area (Å²) < 4.78 is 0.865. The van der Waals surface area contributed by atoms with Crippen molar-refractivity contribution in [2.24, 2.45) is 17.8 Å². The van der Waals surface area contributed by atoms with E-state index in [1.165, 1.54) is 4.90 Å². The number of H-pyrrole nitrogens is 1. The fraction of sp³-hybridized carbons (Fsp3) is 0.486. The maximum Gasteiger partial charge on any atom is 0.307 e. The van der Waals surface area contributed by atoms with Crippen LogP contribution in [0.2, 0.25) is 0 Å². The van der Waals surface area contributed by atoms with Crippen molar-refractivity contribution in [1.29, 1.82) is 0 Å². The minimum absolute atomic E-state index is 0.0152. The van der Waals surface area contributed by atoms with Crippen LogP contribution >= 0.6 is 15.9 Å². The molecule has 2 aliphatic rings. The number of aliphatic carboxylic acids is 1. The highest BCUT2D eigenvalue weighted by atomic mass is 79.9. The van der Waals surface area contributed by atoms with Crippen molar-refractivity contribution in [1.82, 2.24) is 20.1 Å². The van der Waals surface area contributed by atoms with Crippen molar-refractivity contribution in [2.75, 3.05) is 13.6 Å². The van der Waals surface area contributed by atoms with Crippen molar-refractivity contribution in [3.63, 3.8) is 0 Å². The lowest BCUT2D eigenvalue weighted by atomic mass is 9.69. The van der Waals surface area contributed by atoms with E-state index in [2.05, 4.69) is 26.2 Å². The molecule has 2 aromatic carbocycles. The van der Waals surface area contributed by atoms with E-state index >= 15 is 0 Å². The van der Waals surface area contributed by atoms with Crippen LogP contribution in [0.15, 0.2) is 59.2 Å². The first-order valence-electron chi connectivity index (χ1n) is 16.1. The lowest BCUT2D eigenvalue weighted by molar-refractivity contribution is -0.156. The van der Waals surface area contributed by atoms with E-state index in [9.17, 15) is 29.4 Å². The molecule has 2 heterocycles. The van der Waals surface area contributed by atoms with Gasteiger partial charge in [0.2, 0.25) is 17.7 Å². The van der Waals surface area contributed by atoms with Crippen LogP contribution in [0.4, 0.5) is 0 Å². The van der Waals surface area contributed by atoms with Crippen molar-refractivity contribution >= 4 is 50.5 Å². The van der Waals surface area contributed by atoms with Crippen LogP contribution < -0.4 is 5.32 Å². The Bertz CT molecular complexity index is 1570. The number of hydrogen-bond donors (Lipinski definition) is 4. The van der Waals surface area contributed by atoms with Gasteiger partial charge in [-0.3, -0.25) is 19.2 Å². The van der Waals surface area contributed by atoms with Crippen molar-refractivity contribution in [3.8, 4) is 0 Å². The van der Waals surface area contributed by atoms with Gasteiger partial charge in [0.05, 0.1) is 17.9 Å². The number of amides is 3. The number of carboxylic acids is 1. The average molecular weight is 696 g/mol. The number of para-hydroxylation sites is 1. The van der Waals surface area contributed by atoms with E-state index < -0.39 is 47.8 Å². The van der Waals surface area contributed by atoms with Gasteiger partial charge in [0.25, 0.3) is 0 Å². The number of halogens is 1. The average Bonchev–Trinajstić information content (AvgIpc) is 3.64. The highest BCUT2D eigenvalue weighted by molar-refractivity contribution is 9.10. The molecule has 4 N–H and O–H groups in total. The molecule has 46 heavy (non-hydrogen) atoms. The zero-order chi connectivity index (χ0) is 33.0. The highest BCUT2D eigenvalue weighted by Crippen LogP contribution is 2.40. The number of carbonyl (C=O) groups is 4. The molecule has 6 unspecified atom stereocenters. The number of benzene rings is 2. The molecule has 3 amide bonds. The molecule has 11 heteroatoms. The Morgan fingerprint density at radius 3 is 2.57 bits per heavy atom. The van der Waals surface area contributed by atoms with Gasteiger partial charge in [-0.15, -0.1) is 0 Å². The maximum atomic E-state index is 14.1. The Kier molecular flexibility index (Phi) is 10.8. The van der Waals surface area contributed by atoms with Crippen LogP contribution in [0.25, 0.3) is 10.9 Å². The summed E-state index contributed by atoms with van der Waals surface area (Å²) >= 11 is 3.55. The number of aliphatic hydroxyl groups excluding tert-OH is 1. The number of rotatable bonds is 11. The summed E-state index contributed by atoms with van der Waals surface area (Å²) in [6.07, 6.45) is 4.57. The first-order chi connectivity index (χ1) is 22.1. The predicted molar refractivity (Wildman–Crippen MR) is 178 cm³/mol. The Morgan fingerprint density at radius 1 is 1.09 bits per heavy atom. The summed E-state index contributed by atoms with van der Waals surface area (Å²) in [5, 5.41) is 24.6. The molecule has 2 fully saturated rings. The van der Waals surface area contributed by atoms with E-state index in [-0.39, 0.29) is 31.2 Å². The molecular weight excluding hydrogens is 652 g/mol. The van der Waals surface area contributed by atoms with Crippen LogP contribution in [0.3, 0.4) is 0 Å². The second kappa shape index (κ2) is 14.8. The molecule has 246 valence electrons. The number of nitrogens with zero attached hydrogens (tertiary/aromatic N) is 2. The van der Waals surface area contributed by atoms with E-state index in [0.717, 1.165) is 52.2 Å². The molecule has 0 radical (unpaired) electrons. The van der Waals surface area contributed by atoms with E-state index in [1.54, 1.807) is 11.9 Å². The number of likely N-dealkylation sites (N-methyl/N-ethyl adjacent to an activating group) is 1. The number of aromatic amines is 1. The number of carbonyl (C=O) groups excluding carboxylic acids is 3. The first-order valence-corrected chi connectivity index (χ1v) is 16.9. The first kappa shape index (κ1) is 33.7. The smallest absolute Gasteiger partial charge is 0.307 e. The number of fused-ring (bicyclic) bond motifs is 1. The minimum atomic E-state index is -1.02. The second-order valence-electron chi connectivity index (χ2n) is 12.8. The number of nitrogens with one attached hydrogen (secondary N) is 2. The van der Waals surface area contributed by atoms with Gasteiger partial charge in [0.1, 0.15) is 12.1 Å². The van der Waals surface area contributed by atoms with Crippen molar-refractivity contribution in [3.05, 3.63) is 70.3 Å². The van der Waals surface area contributed by atoms with Crippen LogP contribution in [0, 0.1) is 17.8 Å². The van der Waals surface area contributed by atoms with E-state index in [4.69, 9.17) is 0 Å². The van der Waals surface area contributed by atoms with Crippen LogP contribution in [-0.4, -0.2) is 80.5 Å². The normalized spacial score (nSPS) is 23.7. The summed E-state index contributed by atoms with van der Waals surface area (Å²) in [4.78, 5) is 60.6. The zero-order valence-corrected chi connectivity index (χ0v) is 27.9. The predicted octanol–water partition coefficient (Wildman–Crippen LogP) is 4.50. The Labute approximate surface area is 277 Å². The molecule has 1 aliphatic carbocycles. The third-order valence-corrected chi connectivity index (χ3v) is 10.4. The topological polar surface area (TPSA) is 143 Å². The maximum absolute atomic E-state index is 14.1. The quantitative estimate of drug-likeness (QED) is 0.233. The van der Waals surface area contributed by atoms with Gasteiger partial charge in [-0.25, -0.2) is 0 Å². The fourth-order valence-corrected chi connectivity index (χ4v) is 7.76.